The molecule has 0 bridgehead atoms. The summed E-state index contributed by atoms with van der Waals surface area (Å²) in [7, 11) is 0. The lowest BCUT2D eigenvalue weighted by molar-refractivity contribution is -0.135. The fourth-order valence-corrected chi connectivity index (χ4v) is 5.40. The third-order valence-electron chi connectivity index (χ3n) is 6.18. The molecule has 0 saturated carbocycles. The van der Waals surface area contributed by atoms with Gasteiger partial charge in [0, 0.05) is 51.2 Å². The number of ether oxygens (including phenoxy) is 2. The predicted molar refractivity (Wildman–Crippen MR) is 132 cm³/mol. The van der Waals surface area contributed by atoms with E-state index in [1.807, 2.05) is 17.5 Å². The number of aromatic nitrogens is 3. The van der Waals surface area contributed by atoms with E-state index in [0.717, 1.165) is 40.9 Å². The van der Waals surface area contributed by atoms with Crippen LogP contribution in [0.1, 0.15) is 23.2 Å². The lowest BCUT2D eigenvalue weighted by Gasteiger charge is -2.26. The Bertz CT molecular complexity index is 1360. The third-order valence-corrected chi connectivity index (χ3v) is 7.34. The zero-order valence-corrected chi connectivity index (χ0v) is 19.2. The van der Waals surface area contributed by atoms with E-state index in [9.17, 15) is 0 Å². The summed E-state index contributed by atoms with van der Waals surface area (Å²) in [6, 6.07) is 8.92. The molecule has 6 rings (SSSR count). The first-order valence-corrected chi connectivity index (χ1v) is 12.0. The van der Waals surface area contributed by atoms with Crippen molar-refractivity contribution in [2.24, 2.45) is 0 Å². The molecule has 7 nitrogen and oxygen atoms in total. The van der Waals surface area contributed by atoms with Gasteiger partial charge in [0.1, 0.15) is 6.10 Å². The zero-order chi connectivity index (χ0) is 22.4. The molecular formula is C25H25N5O2S. The van der Waals surface area contributed by atoms with Crippen LogP contribution in [-0.4, -0.2) is 46.9 Å². The lowest BCUT2D eigenvalue weighted by Crippen LogP contribution is -2.35. The van der Waals surface area contributed by atoms with Crippen LogP contribution in [-0.2, 0) is 22.6 Å². The highest BCUT2D eigenvalue weighted by Crippen LogP contribution is 2.41. The summed E-state index contributed by atoms with van der Waals surface area (Å²) in [5.74, 6) is 0.576. The molecule has 3 aromatic heterocycles. The number of hydrogen-bond donors (Lipinski definition) is 2. The molecule has 0 aliphatic carbocycles. The number of anilines is 1. The molecular weight excluding hydrogens is 434 g/mol. The van der Waals surface area contributed by atoms with Crippen molar-refractivity contribution in [3.8, 4) is 11.4 Å². The van der Waals surface area contributed by atoms with Crippen molar-refractivity contribution in [3.05, 3.63) is 53.3 Å². The van der Waals surface area contributed by atoms with Gasteiger partial charge in [0.2, 0.25) is 0 Å². The van der Waals surface area contributed by atoms with Gasteiger partial charge in [-0.2, -0.15) is 0 Å². The minimum Gasteiger partial charge on any atom is -0.382 e. The maximum Gasteiger partial charge on any atom is 0.151 e. The van der Waals surface area contributed by atoms with E-state index in [4.69, 9.17) is 19.4 Å². The van der Waals surface area contributed by atoms with Gasteiger partial charge in [-0.3, -0.25) is 0 Å². The molecule has 0 amide bonds. The zero-order valence-electron chi connectivity index (χ0n) is 18.4. The van der Waals surface area contributed by atoms with Gasteiger partial charge in [-0.05, 0) is 37.3 Å². The minimum atomic E-state index is 0.133. The van der Waals surface area contributed by atoms with Crippen LogP contribution < -0.4 is 10.6 Å². The molecule has 2 aliphatic rings. The maximum absolute atomic E-state index is 5.95. The number of nitrogens with one attached hydrogen (secondary N) is 2. The molecule has 0 spiro atoms. The fourth-order valence-electron chi connectivity index (χ4n) is 4.25. The Hall–Kier alpha value is -2.91. The molecule has 5 heterocycles. The lowest BCUT2D eigenvalue weighted by atomic mass is 10.1. The highest BCUT2D eigenvalue weighted by atomic mass is 32.1. The molecule has 2 N–H and O–H groups in total. The van der Waals surface area contributed by atoms with Gasteiger partial charge in [-0.15, -0.1) is 11.3 Å². The molecule has 4 aromatic rings. The van der Waals surface area contributed by atoms with Gasteiger partial charge < -0.3 is 20.1 Å². The van der Waals surface area contributed by atoms with Crippen molar-refractivity contribution in [2.45, 2.75) is 32.2 Å². The highest BCUT2D eigenvalue weighted by Gasteiger charge is 2.22. The molecule has 1 atom stereocenters. The van der Waals surface area contributed by atoms with Crippen LogP contribution in [0.5, 0.6) is 0 Å². The molecule has 1 aromatic carbocycles. The molecule has 33 heavy (non-hydrogen) atoms. The monoisotopic (exact) mass is 459 g/mol. The second-order valence-corrected chi connectivity index (χ2v) is 9.68. The van der Waals surface area contributed by atoms with Crippen LogP contribution in [0.15, 0.2) is 37.0 Å². The fraction of sp³-hybridized carbons (Fsp3) is 0.320. The Morgan fingerprint density at radius 2 is 2.15 bits per heavy atom. The van der Waals surface area contributed by atoms with Gasteiger partial charge in [0.25, 0.3) is 0 Å². The van der Waals surface area contributed by atoms with Crippen molar-refractivity contribution in [2.75, 3.05) is 25.1 Å². The van der Waals surface area contributed by atoms with E-state index < -0.39 is 0 Å². The summed E-state index contributed by atoms with van der Waals surface area (Å²) < 4.78 is 12.4. The highest BCUT2D eigenvalue weighted by molar-refractivity contribution is 7.20. The van der Waals surface area contributed by atoms with Crippen molar-refractivity contribution in [1.29, 1.82) is 0 Å². The quantitative estimate of drug-likeness (QED) is 0.459. The average Bonchev–Trinajstić information content (AvgIpc) is 3.08. The van der Waals surface area contributed by atoms with Gasteiger partial charge >= 0.3 is 0 Å². The Labute approximate surface area is 195 Å². The first kappa shape index (κ1) is 20.7. The van der Waals surface area contributed by atoms with Crippen molar-refractivity contribution < 1.29 is 9.47 Å². The summed E-state index contributed by atoms with van der Waals surface area (Å²) in [5.41, 5.74) is 4.68. The predicted octanol–water partition coefficient (Wildman–Crippen LogP) is 4.37. The minimum absolute atomic E-state index is 0.133. The van der Waals surface area contributed by atoms with Gasteiger partial charge in [-0.25, -0.2) is 15.0 Å². The van der Waals surface area contributed by atoms with Gasteiger partial charge in [-0.1, -0.05) is 6.58 Å². The van der Waals surface area contributed by atoms with E-state index in [2.05, 4.69) is 53.4 Å². The number of nitrogens with zero attached hydrogens (tertiary/aromatic N) is 3. The van der Waals surface area contributed by atoms with Gasteiger partial charge in [0.05, 0.1) is 42.4 Å². The molecule has 168 valence electrons. The SMILES string of the molecule is C=Cc1ncc(COC2COC2)c(-c2ccc3c(ccc4sc5c(c43)NC[C@@H](C)NC5)n2)n1. The number of fused-ring (bicyclic) bond motifs is 5. The number of hydrogen-bond acceptors (Lipinski definition) is 8. The van der Waals surface area contributed by atoms with E-state index in [1.54, 1.807) is 6.08 Å². The molecule has 0 unspecified atom stereocenters. The van der Waals surface area contributed by atoms with E-state index in [1.165, 1.54) is 20.7 Å². The number of benzene rings is 1. The van der Waals surface area contributed by atoms with Crippen LogP contribution in [0.4, 0.5) is 5.69 Å². The second-order valence-electron chi connectivity index (χ2n) is 8.54. The normalized spacial score (nSPS) is 18.5. The molecule has 0 radical (unpaired) electrons. The van der Waals surface area contributed by atoms with Crippen LogP contribution in [0, 0.1) is 0 Å². The Kier molecular flexibility index (Phi) is 5.30. The van der Waals surface area contributed by atoms with Crippen molar-refractivity contribution >= 4 is 44.1 Å². The molecule has 2 aliphatic heterocycles. The maximum atomic E-state index is 5.95. The van der Waals surface area contributed by atoms with Crippen molar-refractivity contribution in [3.63, 3.8) is 0 Å². The smallest absolute Gasteiger partial charge is 0.151 e. The first-order valence-electron chi connectivity index (χ1n) is 11.2. The van der Waals surface area contributed by atoms with Crippen molar-refractivity contribution in [1.82, 2.24) is 20.3 Å². The van der Waals surface area contributed by atoms with E-state index in [0.29, 0.717) is 31.7 Å². The summed E-state index contributed by atoms with van der Waals surface area (Å²) in [5, 5.41) is 9.64. The summed E-state index contributed by atoms with van der Waals surface area (Å²) in [6.07, 6.45) is 3.60. The first-order chi connectivity index (χ1) is 16.2. The summed E-state index contributed by atoms with van der Waals surface area (Å²) in [4.78, 5) is 15.5. The standard InChI is InChI=1S/C25H25N5O2S/c1-3-22-27-9-15(11-32-16-12-31-13-16)24(30-22)19-5-4-17-18(29-19)6-7-20-23(17)25-21(33-20)10-26-14(2)8-28-25/h3-7,9,14,16,26,28H,1,8,10-13H2,2H3/t14-/m1/s1. The Morgan fingerprint density at radius 1 is 1.24 bits per heavy atom. The van der Waals surface area contributed by atoms with Crippen LogP contribution in [0.3, 0.4) is 0 Å². The van der Waals surface area contributed by atoms with E-state index >= 15 is 0 Å². The largest absolute Gasteiger partial charge is 0.382 e. The number of rotatable bonds is 5. The van der Waals surface area contributed by atoms with Gasteiger partial charge in [0.15, 0.2) is 5.82 Å². The number of thiophene rings is 1. The van der Waals surface area contributed by atoms with Crippen LogP contribution in [0.25, 0.3) is 38.5 Å². The Morgan fingerprint density at radius 3 is 2.97 bits per heavy atom. The van der Waals surface area contributed by atoms with E-state index in [-0.39, 0.29) is 6.10 Å². The third kappa shape index (κ3) is 3.79. The topological polar surface area (TPSA) is 81.2 Å². The Balaban J connectivity index is 1.43. The molecule has 8 heteroatoms. The molecule has 1 fully saturated rings. The summed E-state index contributed by atoms with van der Waals surface area (Å²) in [6.45, 7) is 9.51. The molecule has 1 saturated heterocycles. The van der Waals surface area contributed by atoms with Crippen LogP contribution in [0.2, 0.25) is 0 Å². The number of pyridine rings is 1. The van der Waals surface area contributed by atoms with Crippen LogP contribution >= 0.6 is 11.3 Å². The average molecular weight is 460 g/mol. The summed E-state index contributed by atoms with van der Waals surface area (Å²) >= 11 is 1.84. The second kappa shape index (κ2) is 8.46.